The van der Waals surface area contributed by atoms with Crippen LogP contribution in [0.5, 0.6) is 0 Å². The number of nitrogens with one attached hydrogen (secondary N) is 1. The number of halogens is 1. The van der Waals surface area contributed by atoms with Gasteiger partial charge in [0.05, 0.1) is 5.69 Å². The number of rotatable bonds is 7. The quantitative estimate of drug-likeness (QED) is 0.309. The van der Waals surface area contributed by atoms with Crippen LogP contribution in [-0.2, 0) is 12.8 Å². The molecule has 11 heteroatoms. The number of aromatic nitrogens is 3. The number of hydrogen-bond acceptors (Lipinski definition) is 8. The smallest absolute Gasteiger partial charge is 0.205 e. The van der Waals surface area contributed by atoms with Crippen LogP contribution in [0.4, 0.5) is 10.3 Å². The van der Waals surface area contributed by atoms with Crippen LogP contribution in [0.3, 0.4) is 0 Å². The molecule has 0 bridgehead atoms. The predicted octanol–water partition coefficient (Wildman–Crippen LogP) is 3.11. The highest BCUT2D eigenvalue weighted by Crippen LogP contribution is 2.24. The van der Waals surface area contributed by atoms with E-state index < -0.39 is 0 Å². The number of anilines is 2. The molecule has 172 valence electrons. The van der Waals surface area contributed by atoms with Crippen molar-refractivity contribution in [1.29, 1.82) is 0 Å². The first kappa shape index (κ1) is 24.4. The van der Waals surface area contributed by atoms with E-state index in [-0.39, 0.29) is 24.0 Å². The minimum atomic E-state index is 0. The standard InChI is InChI=1S/C20H32N8S2.HI/c1-3-17-24-20(30-25-17)28-13-11-26(12-14-28)18(21-4-2)22-8-7-16-15-29-19(23-16)27-9-5-6-10-27;/h15H,3-14H2,1-2H3,(H,21,22);1H. The number of thiazole rings is 1. The van der Waals surface area contributed by atoms with E-state index in [4.69, 9.17) is 9.98 Å². The average Bonchev–Trinajstić information content (AvgIpc) is 3.54. The van der Waals surface area contributed by atoms with Crippen LogP contribution in [0, 0.1) is 0 Å². The Labute approximate surface area is 210 Å². The van der Waals surface area contributed by atoms with Gasteiger partial charge < -0.3 is 20.0 Å². The van der Waals surface area contributed by atoms with E-state index in [1.807, 2.05) is 0 Å². The van der Waals surface area contributed by atoms with Crippen LogP contribution in [0.1, 0.15) is 38.2 Å². The van der Waals surface area contributed by atoms with Crippen LogP contribution >= 0.6 is 46.8 Å². The number of hydrogen-bond donors (Lipinski definition) is 1. The Bertz CT molecular complexity index is 825. The fourth-order valence-electron chi connectivity index (χ4n) is 3.79. The SMILES string of the molecule is CCNC(=NCCc1csc(N2CCCC2)n1)N1CCN(c2nc(CC)ns2)CC1.I. The number of aliphatic imine (C=N–C) groups is 1. The summed E-state index contributed by atoms with van der Waals surface area (Å²) >= 11 is 3.28. The van der Waals surface area contributed by atoms with E-state index in [2.05, 4.69) is 48.6 Å². The Kier molecular flexibility index (Phi) is 9.57. The molecular formula is C20H33IN8S2. The molecule has 2 saturated heterocycles. The van der Waals surface area contributed by atoms with Crippen LogP contribution in [0.15, 0.2) is 10.4 Å². The number of nitrogens with zero attached hydrogens (tertiary/aromatic N) is 7. The lowest BCUT2D eigenvalue weighted by molar-refractivity contribution is 0.372. The molecule has 1 N–H and O–H groups in total. The number of aryl methyl sites for hydroxylation is 1. The fourth-order valence-corrected chi connectivity index (χ4v) is 5.51. The Morgan fingerprint density at radius 1 is 1.03 bits per heavy atom. The van der Waals surface area contributed by atoms with E-state index in [1.165, 1.54) is 29.5 Å². The van der Waals surface area contributed by atoms with Gasteiger partial charge in [0.2, 0.25) is 5.13 Å². The summed E-state index contributed by atoms with van der Waals surface area (Å²) in [5, 5.41) is 7.88. The summed E-state index contributed by atoms with van der Waals surface area (Å²) < 4.78 is 4.42. The molecule has 0 radical (unpaired) electrons. The highest BCUT2D eigenvalue weighted by atomic mass is 127. The van der Waals surface area contributed by atoms with Crippen molar-refractivity contribution in [3.8, 4) is 0 Å². The van der Waals surface area contributed by atoms with Crippen molar-refractivity contribution in [1.82, 2.24) is 24.6 Å². The van der Waals surface area contributed by atoms with E-state index in [0.717, 1.165) is 87.8 Å². The zero-order valence-electron chi connectivity index (χ0n) is 18.4. The van der Waals surface area contributed by atoms with Crippen molar-refractivity contribution < 1.29 is 0 Å². The van der Waals surface area contributed by atoms with Gasteiger partial charge in [-0.1, -0.05) is 6.92 Å². The van der Waals surface area contributed by atoms with Gasteiger partial charge >= 0.3 is 0 Å². The van der Waals surface area contributed by atoms with Gasteiger partial charge in [0, 0.05) is 82.1 Å². The number of guanidine groups is 1. The molecule has 2 aromatic heterocycles. The van der Waals surface area contributed by atoms with Crippen molar-refractivity contribution in [2.24, 2.45) is 4.99 Å². The summed E-state index contributed by atoms with van der Waals surface area (Å²) in [5.41, 5.74) is 1.16. The lowest BCUT2D eigenvalue weighted by atomic mass is 10.3. The maximum atomic E-state index is 4.89. The molecule has 2 aliphatic rings. The van der Waals surface area contributed by atoms with Crippen molar-refractivity contribution in [3.05, 3.63) is 16.9 Å². The van der Waals surface area contributed by atoms with Crippen LogP contribution in [0.2, 0.25) is 0 Å². The third kappa shape index (κ3) is 6.41. The Balaban J connectivity index is 0.00000272. The van der Waals surface area contributed by atoms with Gasteiger partial charge in [0.15, 0.2) is 11.1 Å². The molecule has 0 atom stereocenters. The first-order valence-electron chi connectivity index (χ1n) is 11.1. The fraction of sp³-hybridized carbons (Fsp3) is 0.700. The van der Waals surface area contributed by atoms with Crippen LogP contribution in [-0.4, -0.2) is 77.6 Å². The average molecular weight is 577 g/mol. The second kappa shape index (κ2) is 12.1. The highest BCUT2D eigenvalue weighted by molar-refractivity contribution is 14.0. The molecule has 2 aromatic rings. The Morgan fingerprint density at radius 2 is 1.77 bits per heavy atom. The first-order chi connectivity index (χ1) is 14.8. The normalized spacial score (nSPS) is 17.2. The summed E-state index contributed by atoms with van der Waals surface area (Å²) in [5.74, 6) is 1.96. The summed E-state index contributed by atoms with van der Waals surface area (Å²) in [6, 6.07) is 0. The maximum absolute atomic E-state index is 4.89. The van der Waals surface area contributed by atoms with Crippen LogP contribution < -0.4 is 15.1 Å². The Morgan fingerprint density at radius 3 is 2.45 bits per heavy atom. The molecule has 2 aliphatic heterocycles. The molecule has 0 spiro atoms. The third-order valence-electron chi connectivity index (χ3n) is 5.50. The lowest BCUT2D eigenvalue weighted by Gasteiger charge is -2.36. The second-order valence-corrected chi connectivity index (χ2v) is 9.19. The molecule has 0 amide bonds. The summed E-state index contributed by atoms with van der Waals surface area (Å²) in [4.78, 5) is 21.5. The summed E-state index contributed by atoms with van der Waals surface area (Å²) in [6.45, 7) is 12.0. The Hall–Kier alpha value is -1.21. The zero-order chi connectivity index (χ0) is 20.8. The minimum absolute atomic E-state index is 0. The highest BCUT2D eigenvalue weighted by Gasteiger charge is 2.22. The molecular weight excluding hydrogens is 543 g/mol. The molecule has 0 unspecified atom stereocenters. The molecule has 2 fully saturated rings. The number of piperazine rings is 1. The molecule has 31 heavy (non-hydrogen) atoms. The van der Waals surface area contributed by atoms with E-state index in [1.54, 1.807) is 11.3 Å². The first-order valence-corrected chi connectivity index (χ1v) is 12.7. The third-order valence-corrected chi connectivity index (χ3v) is 7.27. The van der Waals surface area contributed by atoms with Gasteiger partial charge in [-0.25, -0.2) is 9.97 Å². The minimum Gasteiger partial charge on any atom is -0.357 e. The lowest BCUT2D eigenvalue weighted by Crippen LogP contribution is -2.52. The molecule has 8 nitrogen and oxygen atoms in total. The molecule has 4 rings (SSSR count). The predicted molar refractivity (Wildman–Crippen MR) is 142 cm³/mol. The van der Waals surface area contributed by atoms with E-state index in [0.29, 0.717) is 0 Å². The largest absolute Gasteiger partial charge is 0.357 e. The van der Waals surface area contributed by atoms with Crippen molar-refractivity contribution in [3.63, 3.8) is 0 Å². The van der Waals surface area contributed by atoms with Gasteiger partial charge in [0.1, 0.15) is 5.82 Å². The van der Waals surface area contributed by atoms with Crippen molar-refractivity contribution in [2.75, 3.05) is 62.2 Å². The van der Waals surface area contributed by atoms with E-state index >= 15 is 0 Å². The van der Waals surface area contributed by atoms with Gasteiger partial charge in [-0.15, -0.1) is 35.3 Å². The van der Waals surface area contributed by atoms with E-state index in [9.17, 15) is 0 Å². The topological polar surface area (TPSA) is 72.8 Å². The molecule has 0 aromatic carbocycles. The molecule has 0 aliphatic carbocycles. The molecule has 4 heterocycles. The van der Waals surface area contributed by atoms with Gasteiger partial charge in [0.25, 0.3) is 0 Å². The second-order valence-electron chi connectivity index (χ2n) is 7.62. The monoisotopic (exact) mass is 576 g/mol. The van der Waals surface area contributed by atoms with Crippen LogP contribution in [0.25, 0.3) is 0 Å². The van der Waals surface area contributed by atoms with Crippen molar-refractivity contribution >= 4 is 63.1 Å². The van der Waals surface area contributed by atoms with Gasteiger partial charge in [-0.05, 0) is 19.8 Å². The molecule has 0 saturated carbocycles. The summed E-state index contributed by atoms with van der Waals surface area (Å²) in [7, 11) is 0. The maximum Gasteiger partial charge on any atom is 0.205 e. The van der Waals surface area contributed by atoms with Gasteiger partial charge in [-0.2, -0.15) is 4.37 Å². The van der Waals surface area contributed by atoms with Crippen molar-refractivity contribution in [2.45, 2.75) is 39.5 Å². The van der Waals surface area contributed by atoms with Gasteiger partial charge in [-0.3, -0.25) is 4.99 Å². The summed E-state index contributed by atoms with van der Waals surface area (Å²) in [6.07, 6.45) is 4.37. The zero-order valence-corrected chi connectivity index (χ0v) is 22.4.